The molecule has 0 unspecified atom stereocenters. The van der Waals surface area contributed by atoms with E-state index in [9.17, 15) is 14.7 Å². The Balaban J connectivity index is 0.939. The van der Waals surface area contributed by atoms with Gasteiger partial charge in [0.15, 0.2) is 0 Å². The van der Waals surface area contributed by atoms with Gasteiger partial charge in [0, 0.05) is 37.2 Å². The lowest BCUT2D eigenvalue weighted by molar-refractivity contribution is 0.0747. The maximum Gasteiger partial charge on any atom is 0.258 e. The molecule has 2 aliphatic heterocycles. The van der Waals surface area contributed by atoms with Crippen LogP contribution in [0.4, 0.5) is 0 Å². The van der Waals surface area contributed by atoms with Crippen molar-refractivity contribution >= 4 is 35.0 Å². The summed E-state index contributed by atoms with van der Waals surface area (Å²) in [6.07, 6.45) is 1.82. The third-order valence-corrected chi connectivity index (χ3v) is 15.1. The molecule has 54 heavy (non-hydrogen) atoms. The summed E-state index contributed by atoms with van der Waals surface area (Å²) >= 11 is 0. The molecule has 8 heteroatoms. The number of hydrogen-bond acceptors (Lipinski definition) is 5. The summed E-state index contributed by atoms with van der Waals surface area (Å²) in [6, 6.07) is 49.0. The highest BCUT2D eigenvalue weighted by Gasteiger charge is 2.44. The van der Waals surface area contributed by atoms with Gasteiger partial charge < -0.3 is 24.4 Å². The summed E-state index contributed by atoms with van der Waals surface area (Å²) in [7, 11) is -0.322. The number of phenols is 1. The lowest BCUT2D eigenvalue weighted by Crippen LogP contribution is -2.33. The topological polar surface area (TPSA) is 79.3 Å². The number of amides is 2. The molecule has 7 nitrogen and oxygen atoms in total. The first kappa shape index (κ1) is 35.1. The van der Waals surface area contributed by atoms with Crippen molar-refractivity contribution in [2.45, 2.75) is 32.6 Å². The van der Waals surface area contributed by atoms with E-state index in [1.165, 1.54) is 28.0 Å². The molecule has 2 aliphatic rings. The fraction of sp³-hybridized carbons (Fsp3) is 0.174. The van der Waals surface area contributed by atoms with Gasteiger partial charge in [0.1, 0.15) is 40.4 Å². The van der Waals surface area contributed by atoms with E-state index in [1.54, 1.807) is 23.0 Å². The van der Waals surface area contributed by atoms with Crippen LogP contribution in [0.1, 0.15) is 49.4 Å². The fourth-order valence-electron chi connectivity index (χ4n) is 7.90. The Morgan fingerprint density at radius 3 is 1.89 bits per heavy atom. The predicted octanol–water partition coefficient (Wildman–Crippen LogP) is 7.48. The second-order valence-corrected chi connectivity index (χ2v) is 17.4. The van der Waals surface area contributed by atoms with Crippen molar-refractivity contribution in [1.82, 2.24) is 9.80 Å². The van der Waals surface area contributed by atoms with Crippen molar-refractivity contribution in [3.8, 4) is 17.2 Å². The molecule has 0 spiro atoms. The standard InChI is InChI=1S/C46H41N2O5P/c1-52-44-20-11-13-35-30-48(32-42(35)44)45(50)33-22-24-43(49)41(28-33)46(51)47-29-34-21-23-37(27-36(34)31-47)53-25-12-26-54(38-14-5-2-6-15-38,39-16-7-3-8-17-39)40-18-9-4-10-19-40/h2-11,13-24,27-28H,12,25-26,29-32H2,1H3/p+1. The first-order valence-electron chi connectivity index (χ1n) is 18.3. The third-order valence-electron chi connectivity index (χ3n) is 10.6. The van der Waals surface area contributed by atoms with Crippen molar-refractivity contribution < 1.29 is 24.2 Å². The van der Waals surface area contributed by atoms with Gasteiger partial charge in [-0.1, -0.05) is 72.8 Å². The summed E-state index contributed by atoms with van der Waals surface area (Å²) in [5, 5.41) is 14.8. The highest BCUT2D eigenvalue weighted by Crippen LogP contribution is 2.55. The van der Waals surface area contributed by atoms with Gasteiger partial charge in [0.05, 0.1) is 32.0 Å². The van der Waals surface area contributed by atoms with Crippen molar-refractivity contribution in [2.24, 2.45) is 0 Å². The molecule has 0 aliphatic carbocycles. The van der Waals surface area contributed by atoms with E-state index in [1.807, 2.05) is 36.4 Å². The van der Waals surface area contributed by atoms with E-state index in [2.05, 4.69) is 91.0 Å². The Hall–Kier alpha value is -5.91. The van der Waals surface area contributed by atoms with Crippen molar-refractivity contribution in [1.29, 1.82) is 0 Å². The Bertz CT molecular complexity index is 2200. The minimum absolute atomic E-state index is 0.112. The van der Waals surface area contributed by atoms with Gasteiger partial charge in [-0.15, -0.1) is 0 Å². The van der Waals surface area contributed by atoms with Crippen molar-refractivity contribution in [2.75, 3.05) is 19.9 Å². The lowest BCUT2D eigenvalue weighted by Gasteiger charge is -2.27. The number of methoxy groups -OCH3 is 1. The molecule has 8 rings (SSSR count). The van der Waals surface area contributed by atoms with Gasteiger partial charge in [-0.3, -0.25) is 9.59 Å². The fourth-order valence-corrected chi connectivity index (χ4v) is 12.2. The van der Waals surface area contributed by atoms with Crippen LogP contribution in [0.3, 0.4) is 0 Å². The molecular formula is C46H42N2O5P+. The van der Waals surface area contributed by atoms with E-state index in [4.69, 9.17) is 9.47 Å². The van der Waals surface area contributed by atoms with Gasteiger partial charge in [-0.25, -0.2) is 0 Å². The molecule has 0 bridgehead atoms. The highest BCUT2D eigenvalue weighted by atomic mass is 31.2. The second-order valence-electron chi connectivity index (χ2n) is 13.8. The molecule has 0 atom stereocenters. The van der Waals surface area contributed by atoms with E-state index in [-0.39, 0.29) is 23.1 Å². The van der Waals surface area contributed by atoms with Crippen LogP contribution in [0.25, 0.3) is 0 Å². The normalized spacial score (nSPS) is 13.4. The summed E-state index contributed by atoms with van der Waals surface area (Å²) < 4.78 is 11.9. The van der Waals surface area contributed by atoms with E-state index >= 15 is 0 Å². The first-order valence-corrected chi connectivity index (χ1v) is 20.3. The molecule has 2 heterocycles. The zero-order valence-electron chi connectivity index (χ0n) is 30.2. The zero-order valence-corrected chi connectivity index (χ0v) is 31.1. The highest BCUT2D eigenvalue weighted by molar-refractivity contribution is 7.95. The van der Waals surface area contributed by atoms with Crippen LogP contribution < -0.4 is 25.4 Å². The van der Waals surface area contributed by atoms with Gasteiger partial charge in [0.25, 0.3) is 11.8 Å². The van der Waals surface area contributed by atoms with Gasteiger partial charge in [-0.05, 0) is 89.5 Å². The number of benzene rings is 6. The van der Waals surface area contributed by atoms with E-state index in [0.717, 1.165) is 46.3 Å². The van der Waals surface area contributed by atoms with Gasteiger partial charge >= 0.3 is 0 Å². The third kappa shape index (κ3) is 6.72. The second kappa shape index (κ2) is 15.2. The number of hydrogen-bond donors (Lipinski definition) is 1. The van der Waals surface area contributed by atoms with Crippen LogP contribution in [0.5, 0.6) is 17.2 Å². The molecule has 2 amide bonds. The maximum atomic E-state index is 13.8. The van der Waals surface area contributed by atoms with Crippen LogP contribution in [0, 0.1) is 0 Å². The largest absolute Gasteiger partial charge is 0.507 e. The number of carbonyl (C=O) groups is 2. The Labute approximate surface area is 316 Å². The van der Waals surface area contributed by atoms with Crippen LogP contribution >= 0.6 is 7.26 Å². The van der Waals surface area contributed by atoms with E-state index < -0.39 is 7.26 Å². The monoisotopic (exact) mass is 733 g/mol. The zero-order chi connectivity index (χ0) is 37.1. The van der Waals surface area contributed by atoms with Crippen LogP contribution in [-0.4, -0.2) is 46.6 Å². The number of nitrogens with zero attached hydrogens (tertiary/aromatic N) is 2. The van der Waals surface area contributed by atoms with Crippen molar-refractivity contribution in [3.05, 3.63) is 179 Å². The number of fused-ring (bicyclic) bond motifs is 2. The molecule has 6 aromatic carbocycles. The summed E-state index contributed by atoms with van der Waals surface area (Å²) in [6.45, 7) is 2.22. The summed E-state index contributed by atoms with van der Waals surface area (Å²) in [4.78, 5) is 30.8. The molecule has 0 fully saturated rings. The molecule has 1 N–H and O–H groups in total. The molecule has 0 saturated carbocycles. The van der Waals surface area contributed by atoms with Crippen molar-refractivity contribution in [3.63, 3.8) is 0 Å². The predicted molar refractivity (Wildman–Crippen MR) is 215 cm³/mol. The average molecular weight is 734 g/mol. The van der Waals surface area contributed by atoms with Crippen LogP contribution in [0.2, 0.25) is 0 Å². The van der Waals surface area contributed by atoms with Gasteiger partial charge in [0.2, 0.25) is 0 Å². The molecule has 270 valence electrons. The molecule has 0 aromatic heterocycles. The van der Waals surface area contributed by atoms with E-state index in [0.29, 0.717) is 38.3 Å². The molecular weight excluding hydrogens is 691 g/mol. The SMILES string of the molecule is COc1cccc2c1CN(C(=O)c1ccc(O)c(C(=O)N3Cc4ccc(OCCC[P+](c5ccccc5)(c5ccccc5)c5ccccc5)cc4C3)c1)C2. The number of carbonyl (C=O) groups excluding carboxylic acids is 2. The van der Waals surface area contributed by atoms with Crippen LogP contribution in [0.15, 0.2) is 146 Å². The van der Waals surface area contributed by atoms with Gasteiger partial charge in [-0.2, -0.15) is 0 Å². The quantitative estimate of drug-likeness (QED) is 0.110. The summed E-state index contributed by atoms with van der Waals surface area (Å²) in [5.41, 5.74) is 4.54. The minimum atomic E-state index is -1.95. The summed E-state index contributed by atoms with van der Waals surface area (Å²) in [5.74, 6) is 0.844. The number of aromatic hydroxyl groups is 1. The molecule has 0 saturated heterocycles. The average Bonchev–Trinajstić information content (AvgIpc) is 3.87. The first-order chi connectivity index (χ1) is 26.4. The molecule has 0 radical (unpaired) electrons. The number of phenolic OH excluding ortho intramolecular Hbond substituents is 1. The minimum Gasteiger partial charge on any atom is -0.507 e. The van der Waals surface area contributed by atoms with Crippen LogP contribution in [-0.2, 0) is 26.2 Å². The maximum absolute atomic E-state index is 13.8. The number of ether oxygens (including phenoxy) is 2. The smallest absolute Gasteiger partial charge is 0.258 e. The lowest BCUT2D eigenvalue weighted by atomic mass is 10.1. The molecule has 6 aromatic rings. The Kier molecular flexibility index (Phi) is 9.90. The Morgan fingerprint density at radius 2 is 1.24 bits per heavy atom. The Morgan fingerprint density at radius 1 is 0.630 bits per heavy atom. The number of rotatable bonds is 11.